The van der Waals surface area contributed by atoms with E-state index in [1.165, 1.54) is 37.4 Å². The summed E-state index contributed by atoms with van der Waals surface area (Å²) in [4.78, 5) is 34.5. The number of carbonyl (C=O) groups is 2. The number of carbonyl (C=O) groups excluding carboxylic acids is 2. The van der Waals surface area contributed by atoms with Crippen molar-refractivity contribution >= 4 is 17.5 Å². The third-order valence-electron chi connectivity index (χ3n) is 4.01. The first-order chi connectivity index (χ1) is 13.8. The van der Waals surface area contributed by atoms with Gasteiger partial charge in [-0.2, -0.15) is 0 Å². The standard InChI is InChI=1S/C20H23N3O6/c1-13(2)10-11-29-17-9-6-15(12-18(17)28-3)20(25)22-21-19(24)14-4-7-16(8-5-14)23(26)27/h4-9,12-13H,10-11H2,1-3H3,(H,21,24)(H,22,25). The second-order valence-electron chi connectivity index (χ2n) is 6.61. The lowest BCUT2D eigenvalue weighted by atomic mass is 10.1. The number of hydrazine groups is 1. The van der Waals surface area contributed by atoms with Crippen molar-refractivity contribution in [1.29, 1.82) is 0 Å². The van der Waals surface area contributed by atoms with E-state index in [9.17, 15) is 19.7 Å². The van der Waals surface area contributed by atoms with Crippen molar-refractivity contribution in [1.82, 2.24) is 10.9 Å². The maximum atomic E-state index is 12.3. The minimum absolute atomic E-state index is 0.131. The van der Waals surface area contributed by atoms with E-state index in [0.717, 1.165) is 6.42 Å². The predicted octanol–water partition coefficient (Wildman–Crippen LogP) is 3.10. The molecule has 0 saturated carbocycles. The molecule has 0 radical (unpaired) electrons. The van der Waals surface area contributed by atoms with Gasteiger partial charge in [-0.1, -0.05) is 13.8 Å². The molecule has 9 nitrogen and oxygen atoms in total. The summed E-state index contributed by atoms with van der Waals surface area (Å²) in [6.45, 7) is 4.73. The third-order valence-corrected chi connectivity index (χ3v) is 4.01. The van der Waals surface area contributed by atoms with E-state index < -0.39 is 16.7 Å². The lowest BCUT2D eigenvalue weighted by Crippen LogP contribution is -2.41. The molecule has 0 bridgehead atoms. The SMILES string of the molecule is COc1cc(C(=O)NNC(=O)c2ccc([N+](=O)[O-])cc2)ccc1OCCC(C)C. The summed E-state index contributed by atoms with van der Waals surface area (Å²) < 4.78 is 11.0. The van der Waals surface area contributed by atoms with Gasteiger partial charge in [-0.15, -0.1) is 0 Å². The summed E-state index contributed by atoms with van der Waals surface area (Å²) in [6, 6.07) is 9.71. The molecule has 0 aromatic heterocycles. The number of rotatable bonds is 8. The Balaban J connectivity index is 1.97. The van der Waals surface area contributed by atoms with Crippen LogP contribution in [0.4, 0.5) is 5.69 Å². The first-order valence-electron chi connectivity index (χ1n) is 8.97. The van der Waals surface area contributed by atoms with Crippen molar-refractivity contribution in [2.45, 2.75) is 20.3 Å². The van der Waals surface area contributed by atoms with Crippen LogP contribution in [0.2, 0.25) is 0 Å². The first kappa shape index (κ1) is 21.7. The van der Waals surface area contributed by atoms with Gasteiger partial charge < -0.3 is 9.47 Å². The van der Waals surface area contributed by atoms with Crippen molar-refractivity contribution in [3.8, 4) is 11.5 Å². The smallest absolute Gasteiger partial charge is 0.269 e. The van der Waals surface area contributed by atoms with E-state index in [-0.39, 0.29) is 16.8 Å². The minimum atomic E-state index is -0.603. The highest BCUT2D eigenvalue weighted by molar-refractivity contribution is 5.99. The van der Waals surface area contributed by atoms with Crippen molar-refractivity contribution in [3.05, 3.63) is 63.7 Å². The second kappa shape index (κ2) is 10.1. The van der Waals surface area contributed by atoms with Gasteiger partial charge in [0.05, 0.1) is 18.6 Å². The van der Waals surface area contributed by atoms with Gasteiger partial charge >= 0.3 is 0 Å². The third kappa shape index (κ3) is 6.20. The molecule has 154 valence electrons. The molecular weight excluding hydrogens is 378 g/mol. The van der Waals surface area contributed by atoms with Crippen LogP contribution < -0.4 is 20.3 Å². The fraction of sp³-hybridized carbons (Fsp3) is 0.300. The quantitative estimate of drug-likeness (QED) is 0.518. The summed E-state index contributed by atoms with van der Waals surface area (Å²) >= 11 is 0. The number of nitrogens with one attached hydrogen (secondary N) is 2. The zero-order valence-electron chi connectivity index (χ0n) is 16.4. The van der Waals surface area contributed by atoms with Crippen LogP contribution in [0, 0.1) is 16.0 Å². The van der Waals surface area contributed by atoms with Gasteiger partial charge in [0.15, 0.2) is 11.5 Å². The minimum Gasteiger partial charge on any atom is -0.493 e. The van der Waals surface area contributed by atoms with Crippen LogP contribution in [0.5, 0.6) is 11.5 Å². The highest BCUT2D eigenvalue weighted by Crippen LogP contribution is 2.28. The number of nitro groups is 1. The van der Waals surface area contributed by atoms with E-state index in [1.807, 2.05) is 0 Å². The first-order valence-corrected chi connectivity index (χ1v) is 8.97. The van der Waals surface area contributed by atoms with Gasteiger partial charge in [0.2, 0.25) is 0 Å². The van der Waals surface area contributed by atoms with E-state index in [0.29, 0.717) is 24.0 Å². The Morgan fingerprint density at radius 3 is 2.14 bits per heavy atom. The van der Waals surface area contributed by atoms with Crippen LogP contribution in [0.3, 0.4) is 0 Å². The number of hydrogen-bond acceptors (Lipinski definition) is 6. The second-order valence-corrected chi connectivity index (χ2v) is 6.61. The van der Waals surface area contributed by atoms with Gasteiger partial charge in [-0.3, -0.25) is 30.6 Å². The monoisotopic (exact) mass is 401 g/mol. The highest BCUT2D eigenvalue weighted by atomic mass is 16.6. The maximum Gasteiger partial charge on any atom is 0.269 e. The van der Waals surface area contributed by atoms with Crippen molar-refractivity contribution < 1.29 is 24.0 Å². The van der Waals surface area contributed by atoms with Crippen molar-refractivity contribution in [2.75, 3.05) is 13.7 Å². The van der Waals surface area contributed by atoms with E-state index >= 15 is 0 Å². The van der Waals surface area contributed by atoms with Crippen LogP contribution in [0.25, 0.3) is 0 Å². The molecule has 0 aliphatic carbocycles. The number of nitro benzene ring substituents is 1. The van der Waals surface area contributed by atoms with Crippen LogP contribution in [-0.2, 0) is 0 Å². The Hall–Kier alpha value is -3.62. The number of ether oxygens (including phenoxy) is 2. The molecule has 0 unspecified atom stereocenters. The van der Waals surface area contributed by atoms with Gasteiger partial charge in [0.25, 0.3) is 17.5 Å². The largest absolute Gasteiger partial charge is 0.493 e. The fourth-order valence-electron chi connectivity index (χ4n) is 2.33. The molecule has 0 heterocycles. The Morgan fingerprint density at radius 2 is 1.59 bits per heavy atom. The number of amides is 2. The molecule has 0 aliphatic heterocycles. The number of hydrogen-bond donors (Lipinski definition) is 2. The van der Waals surface area contributed by atoms with Gasteiger partial charge in [0.1, 0.15) is 0 Å². The van der Waals surface area contributed by atoms with Crippen molar-refractivity contribution in [2.24, 2.45) is 5.92 Å². The summed E-state index contributed by atoms with van der Waals surface area (Å²) in [6.07, 6.45) is 0.889. The topological polar surface area (TPSA) is 120 Å². The molecule has 2 N–H and O–H groups in total. The molecule has 2 amide bonds. The van der Waals surface area contributed by atoms with E-state index in [4.69, 9.17) is 9.47 Å². The number of methoxy groups -OCH3 is 1. The molecule has 9 heteroatoms. The van der Waals surface area contributed by atoms with Crippen LogP contribution in [0.15, 0.2) is 42.5 Å². The number of non-ortho nitro benzene ring substituents is 1. The molecule has 2 aromatic rings. The Morgan fingerprint density at radius 1 is 1.00 bits per heavy atom. The summed E-state index contributed by atoms with van der Waals surface area (Å²) in [5.74, 6) is 0.286. The summed E-state index contributed by atoms with van der Waals surface area (Å²) in [5, 5.41) is 10.6. The van der Waals surface area contributed by atoms with Gasteiger partial charge in [0, 0.05) is 23.3 Å². The van der Waals surface area contributed by atoms with Gasteiger partial charge in [-0.25, -0.2) is 0 Å². The van der Waals surface area contributed by atoms with Crippen LogP contribution >= 0.6 is 0 Å². The Bertz CT molecular complexity index is 880. The summed E-state index contributed by atoms with van der Waals surface area (Å²) in [5.41, 5.74) is 4.86. The van der Waals surface area contributed by atoms with E-state index in [2.05, 4.69) is 24.7 Å². The zero-order valence-corrected chi connectivity index (χ0v) is 16.4. The highest BCUT2D eigenvalue weighted by Gasteiger charge is 2.14. The lowest BCUT2D eigenvalue weighted by molar-refractivity contribution is -0.384. The zero-order chi connectivity index (χ0) is 21.4. The molecule has 29 heavy (non-hydrogen) atoms. The summed E-state index contributed by atoms with van der Waals surface area (Å²) in [7, 11) is 1.47. The fourth-order valence-corrected chi connectivity index (χ4v) is 2.33. The molecule has 2 rings (SSSR count). The molecule has 0 fully saturated rings. The normalized spacial score (nSPS) is 10.3. The number of nitrogens with zero attached hydrogens (tertiary/aromatic N) is 1. The van der Waals surface area contributed by atoms with Crippen LogP contribution in [-0.4, -0.2) is 30.5 Å². The Labute approximate surface area is 168 Å². The molecular formula is C20H23N3O6. The lowest BCUT2D eigenvalue weighted by Gasteiger charge is -2.13. The molecule has 0 atom stereocenters. The predicted molar refractivity (Wildman–Crippen MR) is 106 cm³/mol. The van der Waals surface area contributed by atoms with Crippen molar-refractivity contribution in [3.63, 3.8) is 0 Å². The van der Waals surface area contributed by atoms with Gasteiger partial charge in [-0.05, 0) is 42.7 Å². The maximum absolute atomic E-state index is 12.3. The van der Waals surface area contributed by atoms with Crippen LogP contribution in [0.1, 0.15) is 41.0 Å². The average molecular weight is 401 g/mol. The molecule has 2 aromatic carbocycles. The molecule has 0 saturated heterocycles. The Kier molecular flexibility index (Phi) is 7.53. The number of benzene rings is 2. The molecule has 0 aliphatic rings. The molecule has 0 spiro atoms. The average Bonchev–Trinajstić information content (AvgIpc) is 2.71. The van der Waals surface area contributed by atoms with E-state index in [1.54, 1.807) is 12.1 Å².